The number of nitrogens with zero attached hydrogens (tertiary/aromatic N) is 3. The molecule has 33 heavy (non-hydrogen) atoms. The van der Waals surface area contributed by atoms with Crippen LogP contribution < -0.4 is 5.32 Å². The molecule has 1 amide bonds. The smallest absolute Gasteiger partial charge is 0.243 e. The van der Waals surface area contributed by atoms with Gasteiger partial charge in [0.05, 0.1) is 22.5 Å². The molecule has 4 fully saturated rings. The molecule has 0 atom stereocenters. The molecule has 8 heteroatoms. The number of rotatable bonds is 4. The van der Waals surface area contributed by atoms with Gasteiger partial charge in [-0.05, 0) is 81.8 Å². The highest BCUT2D eigenvalue weighted by atomic mass is 32.2. The van der Waals surface area contributed by atoms with Gasteiger partial charge in [0.25, 0.3) is 0 Å². The summed E-state index contributed by atoms with van der Waals surface area (Å²) in [5, 5.41) is 3.16. The standard InChI is InChI=1S/C25H30N4O3S/c1-16-2-4-20(5-3-16)33(31,32)29-7-6-21-22(14-29)26-15-27-23(21)28-24(30)25-11-17-8-18(12-25)10-19(9-17)13-25/h2-5,15,17-19H,6-14H2,1H3,(H,26,27,28,30). The third kappa shape index (κ3) is 3.58. The number of anilines is 1. The van der Waals surface area contributed by atoms with E-state index in [0.717, 1.165) is 30.4 Å². The van der Waals surface area contributed by atoms with E-state index in [1.54, 1.807) is 12.1 Å². The first-order valence-corrected chi connectivity index (χ1v) is 13.5. The Morgan fingerprint density at radius 1 is 1.03 bits per heavy atom. The molecular formula is C25H30N4O3S. The summed E-state index contributed by atoms with van der Waals surface area (Å²) in [7, 11) is -3.60. The highest BCUT2D eigenvalue weighted by Gasteiger charge is 2.54. The van der Waals surface area contributed by atoms with Crippen molar-refractivity contribution in [2.24, 2.45) is 23.2 Å². The van der Waals surface area contributed by atoms with E-state index in [4.69, 9.17) is 0 Å². The van der Waals surface area contributed by atoms with Crippen molar-refractivity contribution in [1.29, 1.82) is 0 Å². The number of carbonyl (C=O) groups is 1. The van der Waals surface area contributed by atoms with Crippen molar-refractivity contribution >= 4 is 21.7 Å². The molecule has 4 bridgehead atoms. The monoisotopic (exact) mass is 466 g/mol. The fourth-order valence-electron chi connectivity index (χ4n) is 7.13. The summed E-state index contributed by atoms with van der Waals surface area (Å²) in [6.45, 7) is 2.47. The number of carbonyl (C=O) groups excluding carboxylic acids is 1. The lowest BCUT2D eigenvalue weighted by atomic mass is 9.49. The van der Waals surface area contributed by atoms with Gasteiger partial charge in [0.1, 0.15) is 12.1 Å². The van der Waals surface area contributed by atoms with Gasteiger partial charge < -0.3 is 5.32 Å². The summed E-state index contributed by atoms with van der Waals surface area (Å²) < 4.78 is 27.8. The summed E-state index contributed by atoms with van der Waals surface area (Å²) in [6, 6.07) is 6.92. The van der Waals surface area contributed by atoms with E-state index in [1.165, 1.54) is 29.9 Å². The van der Waals surface area contributed by atoms with Crippen molar-refractivity contribution < 1.29 is 13.2 Å². The van der Waals surface area contributed by atoms with Crippen molar-refractivity contribution in [3.63, 3.8) is 0 Å². The van der Waals surface area contributed by atoms with Gasteiger partial charge in [-0.15, -0.1) is 0 Å². The molecule has 5 aliphatic rings. The molecule has 1 aliphatic heterocycles. The predicted molar refractivity (Wildman–Crippen MR) is 124 cm³/mol. The Morgan fingerprint density at radius 2 is 1.67 bits per heavy atom. The summed E-state index contributed by atoms with van der Waals surface area (Å²) >= 11 is 0. The molecule has 0 spiro atoms. The molecule has 0 radical (unpaired) electrons. The number of benzene rings is 1. The SMILES string of the molecule is Cc1ccc(S(=O)(=O)N2CCc3c(ncnc3NC(=O)C34CC5CC(CC(C5)C3)C4)C2)cc1. The molecule has 7 rings (SSSR count). The summed E-state index contributed by atoms with van der Waals surface area (Å²) in [5.41, 5.74) is 2.31. The summed E-state index contributed by atoms with van der Waals surface area (Å²) in [5.74, 6) is 2.76. The minimum atomic E-state index is -3.60. The number of amides is 1. The second kappa shape index (κ2) is 7.60. The Hall–Kier alpha value is -2.32. The lowest BCUT2D eigenvalue weighted by molar-refractivity contribution is -0.140. The average molecular weight is 467 g/mol. The Balaban J connectivity index is 1.22. The fourth-order valence-corrected chi connectivity index (χ4v) is 8.53. The van der Waals surface area contributed by atoms with Gasteiger partial charge in [-0.25, -0.2) is 18.4 Å². The van der Waals surface area contributed by atoms with Crippen LogP contribution in [0, 0.1) is 30.1 Å². The quantitative estimate of drug-likeness (QED) is 0.742. The second-order valence-electron chi connectivity index (χ2n) is 10.7. The molecule has 7 nitrogen and oxygen atoms in total. The number of fused-ring (bicyclic) bond motifs is 1. The van der Waals surface area contributed by atoms with Gasteiger partial charge in [0.15, 0.2) is 0 Å². The zero-order valence-electron chi connectivity index (χ0n) is 19.0. The van der Waals surface area contributed by atoms with Crippen LogP contribution in [0.1, 0.15) is 55.3 Å². The minimum absolute atomic E-state index is 0.109. The van der Waals surface area contributed by atoms with Gasteiger partial charge in [-0.3, -0.25) is 4.79 Å². The van der Waals surface area contributed by atoms with Crippen LogP contribution in [-0.4, -0.2) is 35.1 Å². The third-order valence-corrected chi connectivity index (χ3v) is 10.2. The minimum Gasteiger partial charge on any atom is -0.310 e. The van der Waals surface area contributed by atoms with Gasteiger partial charge in [-0.1, -0.05) is 17.7 Å². The van der Waals surface area contributed by atoms with Crippen LogP contribution in [0.2, 0.25) is 0 Å². The number of hydrogen-bond acceptors (Lipinski definition) is 5. The molecule has 0 unspecified atom stereocenters. The first kappa shape index (κ1) is 21.2. The number of aryl methyl sites for hydroxylation is 1. The number of sulfonamides is 1. The maximum atomic E-state index is 13.5. The zero-order chi connectivity index (χ0) is 22.8. The number of nitrogens with one attached hydrogen (secondary N) is 1. The van der Waals surface area contributed by atoms with Crippen LogP contribution in [0.3, 0.4) is 0 Å². The highest BCUT2D eigenvalue weighted by Crippen LogP contribution is 2.60. The molecular weight excluding hydrogens is 436 g/mol. The number of hydrogen-bond donors (Lipinski definition) is 1. The highest BCUT2D eigenvalue weighted by molar-refractivity contribution is 7.89. The molecule has 4 aliphatic carbocycles. The zero-order valence-corrected chi connectivity index (χ0v) is 19.8. The molecule has 2 aromatic rings. The third-order valence-electron chi connectivity index (χ3n) is 8.38. The Bertz CT molecular complexity index is 1170. The normalized spacial score (nSPS) is 30.8. The van der Waals surface area contributed by atoms with Gasteiger partial charge in [0.2, 0.25) is 15.9 Å². The van der Waals surface area contributed by atoms with Crippen LogP contribution in [0.4, 0.5) is 5.82 Å². The Labute approximate surface area is 195 Å². The van der Waals surface area contributed by atoms with Crippen molar-refractivity contribution in [1.82, 2.24) is 14.3 Å². The summed E-state index contributed by atoms with van der Waals surface area (Å²) in [6.07, 6.45) is 8.80. The average Bonchev–Trinajstić information content (AvgIpc) is 2.78. The first-order valence-electron chi connectivity index (χ1n) is 12.0. The van der Waals surface area contributed by atoms with E-state index < -0.39 is 10.0 Å². The van der Waals surface area contributed by atoms with Crippen LogP contribution in [0.25, 0.3) is 0 Å². The van der Waals surface area contributed by atoms with Crippen molar-refractivity contribution in [3.8, 4) is 0 Å². The maximum Gasteiger partial charge on any atom is 0.243 e. The Morgan fingerprint density at radius 3 is 2.30 bits per heavy atom. The van der Waals surface area contributed by atoms with Gasteiger partial charge in [-0.2, -0.15) is 4.31 Å². The van der Waals surface area contributed by atoms with Gasteiger partial charge >= 0.3 is 0 Å². The second-order valence-corrected chi connectivity index (χ2v) is 12.6. The Kier molecular flexibility index (Phi) is 4.89. The van der Waals surface area contributed by atoms with Gasteiger partial charge in [0, 0.05) is 12.1 Å². The molecule has 0 saturated heterocycles. The predicted octanol–water partition coefficient (Wildman–Crippen LogP) is 3.69. The molecule has 1 N–H and O–H groups in total. The first-order chi connectivity index (χ1) is 15.8. The van der Waals surface area contributed by atoms with Crippen molar-refractivity contribution in [3.05, 3.63) is 47.4 Å². The van der Waals surface area contributed by atoms with E-state index >= 15 is 0 Å². The molecule has 4 saturated carbocycles. The van der Waals surface area contributed by atoms with E-state index in [0.29, 0.717) is 47.1 Å². The fraction of sp³-hybridized carbons (Fsp3) is 0.560. The largest absolute Gasteiger partial charge is 0.310 e. The van der Waals surface area contributed by atoms with Crippen LogP contribution in [-0.2, 0) is 27.8 Å². The van der Waals surface area contributed by atoms with E-state index in [2.05, 4.69) is 15.3 Å². The topological polar surface area (TPSA) is 92.3 Å². The lowest BCUT2D eigenvalue weighted by Crippen LogP contribution is -2.52. The number of aromatic nitrogens is 2. The molecule has 1 aromatic carbocycles. The lowest BCUT2D eigenvalue weighted by Gasteiger charge is -2.55. The van der Waals surface area contributed by atoms with Crippen LogP contribution in [0.15, 0.2) is 35.5 Å². The maximum absolute atomic E-state index is 13.5. The van der Waals surface area contributed by atoms with E-state index in [1.807, 2.05) is 19.1 Å². The van der Waals surface area contributed by atoms with Crippen LogP contribution in [0.5, 0.6) is 0 Å². The molecule has 1 aromatic heterocycles. The molecule has 174 valence electrons. The van der Waals surface area contributed by atoms with E-state index in [-0.39, 0.29) is 17.9 Å². The molecule has 2 heterocycles. The van der Waals surface area contributed by atoms with Crippen molar-refractivity contribution in [2.75, 3.05) is 11.9 Å². The van der Waals surface area contributed by atoms with E-state index in [9.17, 15) is 13.2 Å². The summed E-state index contributed by atoms with van der Waals surface area (Å²) in [4.78, 5) is 22.6. The van der Waals surface area contributed by atoms with Crippen LogP contribution >= 0.6 is 0 Å². The van der Waals surface area contributed by atoms with Crippen molar-refractivity contribution in [2.45, 2.75) is 63.3 Å².